The molecule has 1 aromatic carbocycles. The van der Waals surface area contributed by atoms with E-state index in [1.807, 2.05) is 30.5 Å². The van der Waals surface area contributed by atoms with E-state index in [-0.39, 0.29) is 5.91 Å². The first-order chi connectivity index (χ1) is 9.72. The summed E-state index contributed by atoms with van der Waals surface area (Å²) >= 11 is 0. The van der Waals surface area contributed by atoms with Crippen LogP contribution in [0.1, 0.15) is 49.4 Å². The SMILES string of the molecule is CC1CCCC(NC(=O)c2ccc3[nH]ccc3c2)CC1. The van der Waals surface area contributed by atoms with E-state index in [9.17, 15) is 4.79 Å². The molecule has 2 aromatic rings. The number of carbonyl (C=O) groups excluding carboxylic acids is 1. The average molecular weight is 270 g/mol. The lowest BCUT2D eigenvalue weighted by Gasteiger charge is -2.16. The smallest absolute Gasteiger partial charge is 0.251 e. The van der Waals surface area contributed by atoms with Gasteiger partial charge in [0.1, 0.15) is 0 Å². The molecule has 1 amide bonds. The van der Waals surface area contributed by atoms with Gasteiger partial charge in [-0.15, -0.1) is 0 Å². The molecule has 3 heteroatoms. The molecule has 3 rings (SSSR count). The third-order valence-electron chi connectivity index (χ3n) is 4.41. The molecule has 1 aliphatic carbocycles. The van der Waals surface area contributed by atoms with Crippen molar-refractivity contribution in [2.24, 2.45) is 5.92 Å². The molecule has 3 nitrogen and oxygen atoms in total. The van der Waals surface area contributed by atoms with Gasteiger partial charge in [-0.3, -0.25) is 4.79 Å². The first-order valence-corrected chi connectivity index (χ1v) is 7.60. The van der Waals surface area contributed by atoms with Crippen LogP contribution in [0.25, 0.3) is 10.9 Å². The van der Waals surface area contributed by atoms with Gasteiger partial charge < -0.3 is 10.3 Å². The van der Waals surface area contributed by atoms with E-state index < -0.39 is 0 Å². The quantitative estimate of drug-likeness (QED) is 0.799. The molecule has 1 aromatic heterocycles. The van der Waals surface area contributed by atoms with Crippen molar-refractivity contribution in [2.45, 2.75) is 45.1 Å². The van der Waals surface area contributed by atoms with Crippen molar-refractivity contribution in [2.75, 3.05) is 0 Å². The Morgan fingerprint density at radius 3 is 3.00 bits per heavy atom. The number of aromatic amines is 1. The summed E-state index contributed by atoms with van der Waals surface area (Å²) in [6.07, 6.45) is 7.87. The zero-order valence-electron chi connectivity index (χ0n) is 12.0. The number of nitrogens with one attached hydrogen (secondary N) is 2. The topological polar surface area (TPSA) is 44.9 Å². The second-order valence-corrected chi connectivity index (χ2v) is 6.06. The molecule has 1 fully saturated rings. The van der Waals surface area contributed by atoms with Crippen molar-refractivity contribution in [3.8, 4) is 0 Å². The molecule has 0 bridgehead atoms. The van der Waals surface area contributed by atoms with Gasteiger partial charge >= 0.3 is 0 Å². The van der Waals surface area contributed by atoms with E-state index in [4.69, 9.17) is 0 Å². The Balaban J connectivity index is 1.68. The van der Waals surface area contributed by atoms with Crippen molar-refractivity contribution in [3.05, 3.63) is 36.0 Å². The van der Waals surface area contributed by atoms with Crippen molar-refractivity contribution < 1.29 is 4.79 Å². The molecule has 0 radical (unpaired) electrons. The fraction of sp³-hybridized carbons (Fsp3) is 0.471. The number of hydrogen-bond donors (Lipinski definition) is 2. The minimum atomic E-state index is 0.0626. The third-order valence-corrected chi connectivity index (χ3v) is 4.41. The largest absolute Gasteiger partial charge is 0.361 e. The highest BCUT2D eigenvalue weighted by molar-refractivity contribution is 5.98. The van der Waals surface area contributed by atoms with Crippen LogP contribution < -0.4 is 5.32 Å². The Bertz CT molecular complexity index is 602. The van der Waals surface area contributed by atoms with Gasteiger partial charge in [0.2, 0.25) is 0 Å². The van der Waals surface area contributed by atoms with E-state index >= 15 is 0 Å². The molecule has 20 heavy (non-hydrogen) atoms. The molecular weight excluding hydrogens is 248 g/mol. The second kappa shape index (κ2) is 5.70. The van der Waals surface area contributed by atoms with Crippen molar-refractivity contribution >= 4 is 16.8 Å². The van der Waals surface area contributed by atoms with Crippen LogP contribution in [0.3, 0.4) is 0 Å². The maximum atomic E-state index is 12.4. The van der Waals surface area contributed by atoms with Gasteiger partial charge in [0.05, 0.1) is 0 Å². The van der Waals surface area contributed by atoms with E-state index in [1.54, 1.807) is 0 Å². The zero-order valence-corrected chi connectivity index (χ0v) is 12.0. The summed E-state index contributed by atoms with van der Waals surface area (Å²) in [6.45, 7) is 2.31. The Labute approximate surface area is 119 Å². The van der Waals surface area contributed by atoms with Gasteiger partial charge in [0, 0.05) is 28.7 Å². The van der Waals surface area contributed by atoms with Crippen LogP contribution in [0, 0.1) is 5.92 Å². The molecule has 2 N–H and O–H groups in total. The van der Waals surface area contributed by atoms with Gasteiger partial charge in [-0.25, -0.2) is 0 Å². The predicted molar refractivity (Wildman–Crippen MR) is 81.8 cm³/mol. The monoisotopic (exact) mass is 270 g/mol. The Kier molecular flexibility index (Phi) is 3.77. The highest BCUT2D eigenvalue weighted by atomic mass is 16.1. The molecular formula is C17H22N2O. The number of benzene rings is 1. The van der Waals surface area contributed by atoms with Crippen molar-refractivity contribution in [1.82, 2.24) is 10.3 Å². The minimum Gasteiger partial charge on any atom is -0.361 e. The van der Waals surface area contributed by atoms with E-state index in [2.05, 4.69) is 17.2 Å². The highest BCUT2D eigenvalue weighted by Gasteiger charge is 2.18. The summed E-state index contributed by atoms with van der Waals surface area (Å²) in [4.78, 5) is 15.5. The summed E-state index contributed by atoms with van der Waals surface area (Å²) in [5.41, 5.74) is 1.83. The van der Waals surface area contributed by atoms with Crippen LogP contribution in [-0.4, -0.2) is 16.9 Å². The third kappa shape index (κ3) is 2.87. The molecule has 0 saturated heterocycles. The summed E-state index contributed by atoms with van der Waals surface area (Å²) in [7, 11) is 0. The number of carbonyl (C=O) groups is 1. The van der Waals surface area contributed by atoms with Gasteiger partial charge in [0.15, 0.2) is 0 Å². The Morgan fingerprint density at radius 2 is 2.10 bits per heavy atom. The van der Waals surface area contributed by atoms with Crippen molar-refractivity contribution in [3.63, 3.8) is 0 Å². The van der Waals surface area contributed by atoms with Gasteiger partial charge in [-0.05, 0) is 49.4 Å². The van der Waals surface area contributed by atoms with Gasteiger partial charge in [-0.1, -0.05) is 19.8 Å². The number of rotatable bonds is 2. The van der Waals surface area contributed by atoms with E-state index in [0.29, 0.717) is 6.04 Å². The van der Waals surface area contributed by atoms with Crippen LogP contribution in [0.15, 0.2) is 30.5 Å². The second-order valence-electron chi connectivity index (χ2n) is 6.06. The Hall–Kier alpha value is -1.77. The van der Waals surface area contributed by atoms with Gasteiger partial charge in [-0.2, -0.15) is 0 Å². The standard InChI is InChI=1S/C17H22N2O/c1-12-3-2-4-15(7-5-12)19-17(20)14-6-8-16-13(11-14)9-10-18-16/h6,8-12,15,18H,2-5,7H2,1H3,(H,19,20). The fourth-order valence-corrected chi connectivity index (χ4v) is 3.09. The summed E-state index contributed by atoms with van der Waals surface area (Å²) in [5.74, 6) is 0.862. The molecule has 106 valence electrons. The summed E-state index contributed by atoms with van der Waals surface area (Å²) in [6, 6.07) is 8.17. The number of amides is 1. The van der Waals surface area contributed by atoms with Gasteiger partial charge in [0.25, 0.3) is 5.91 Å². The van der Waals surface area contributed by atoms with Crippen LogP contribution in [0.2, 0.25) is 0 Å². The predicted octanol–water partition coefficient (Wildman–Crippen LogP) is 3.87. The number of aromatic nitrogens is 1. The van der Waals surface area contributed by atoms with Crippen molar-refractivity contribution in [1.29, 1.82) is 0 Å². The molecule has 1 heterocycles. The minimum absolute atomic E-state index is 0.0626. The van der Waals surface area contributed by atoms with Crippen LogP contribution in [0.5, 0.6) is 0 Å². The highest BCUT2D eigenvalue weighted by Crippen LogP contribution is 2.23. The maximum absolute atomic E-state index is 12.4. The lowest BCUT2D eigenvalue weighted by molar-refractivity contribution is 0.0933. The summed E-state index contributed by atoms with van der Waals surface area (Å²) < 4.78 is 0. The first kappa shape index (κ1) is 13.2. The van der Waals surface area contributed by atoms with Crippen LogP contribution >= 0.6 is 0 Å². The lowest BCUT2D eigenvalue weighted by Crippen LogP contribution is -2.34. The molecule has 0 aliphatic heterocycles. The molecule has 1 aliphatic rings. The Morgan fingerprint density at radius 1 is 1.20 bits per heavy atom. The first-order valence-electron chi connectivity index (χ1n) is 7.60. The fourth-order valence-electron chi connectivity index (χ4n) is 3.09. The maximum Gasteiger partial charge on any atom is 0.251 e. The zero-order chi connectivity index (χ0) is 13.9. The van der Waals surface area contributed by atoms with Crippen LogP contribution in [0.4, 0.5) is 0 Å². The normalized spacial score (nSPS) is 23.4. The van der Waals surface area contributed by atoms with E-state index in [1.165, 1.54) is 19.3 Å². The number of H-pyrrole nitrogens is 1. The average Bonchev–Trinajstić information content (AvgIpc) is 2.82. The molecule has 2 unspecified atom stereocenters. The lowest BCUT2D eigenvalue weighted by atomic mass is 10.0. The summed E-state index contributed by atoms with van der Waals surface area (Å²) in [5, 5.41) is 4.29. The van der Waals surface area contributed by atoms with E-state index in [0.717, 1.165) is 35.2 Å². The number of hydrogen-bond acceptors (Lipinski definition) is 1. The number of fused-ring (bicyclic) bond motifs is 1. The molecule has 1 saturated carbocycles. The molecule has 0 spiro atoms. The molecule has 2 atom stereocenters. The van der Waals surface area contributed by atoms with Crippen LogP contribution in [-0.2, 0) is 0 Å².